The molecule has 5 aliphatic rings. The predicted octanol–water partition coefficient (Wildman–Crippen LogP) is 5.50. The lowest BCUT2D eigenvalue weighted by Crippen LogP contribution is -2.71. The van der Waals surface area contributed by atoms with E-state index in [0.29, 0.717) is 18.4 Å². The number of allylic oxidation sites excluding steroid dienone is 9. The summed E-state index contributed by atoms with van der Waals surface area (Å²) in [5, 5.41) is 58.5. The van der Waals surface area contributed by atoms with E-state index in [1.165, 1.54) is 20.3 Å². The fraction of sp³-hybridized carbons (Fsp3) is 0.646. The molecule has 0 spiro atoms. The zero-order valence-electron chi connectivity index (χ0n) is 52.2. The first-order valence-electron chi connectivity index (χ1n) is 30.0. The van der Waals surface area contributed by atoms with Crippen molar-refractivity contribution >= 4 is 17.8 Å². The minimum atomic E-state index is -2.71. The van der Waals surface area contributed by atoms with E-state index in [1.807, 2.05) is 33.8 Å². The van der Waals surface area contributed by atoms with Crippen molar-refractivity contribution < 1.29 is 101 Å². The number of aliphatic hydroxyl groups is 4. The molecule has 22 atom stereocenters. The van der Waals surface area contributed by atoms with Gasteiger partial charge in [0.05, 0.1) is 74.1 Å². The van der Waals surface area contributed by atoms with Gasteiger partial charge < -0.3 is 92.4 Å². The molecule has 0 saturated carbocycles. The number of carbonyl (C=O) groups is 3. The van der Waals surface area contributed by atoms with Gasteiger partial charge in [-0.1, -0.05) is 124 Å². The Labute approximate surface area is 512 Å². The molecule has 87 heavy (non-hydrogen) atoms. The summed E-state index contributed by atoms with van der Waals surface area (Å²) in [5.74, 6) is -7.19. The standard InChI is InChI=1S/C65H95NO21/c1-13-14-18-29-51-64(7,8)61(72)62(84-53(70)32-43-26-19-17-20-27-43)65(74,87-51)44(63(73)66-31-24-23-25-38(2)58(78-12)39(3)47-33-45(67)46(83-47)28-21-15-16-22-30-52(68)69)37-79-54-35-49(76-10)59(41(5)81-54)86-56-36-50(77-11)60(42(6)82-56)85-55-34-48(75-9)57(71)40(4)80-55/h13-30,39-42,44-51,54-62,67,71-72,74H,31-37H2,1-12H3,(H,66,73)(H,68,69)/b14-13-,16-15+,24-23+,28-21+,29-18+,30-22+,38-25+/t39?,40-,41-,42-,44?,45?,46?,47?,48-,49-,50+,51-,54+,55-,56+,57+,58?,59+,60-,61-,62+,65+/m0/s1. The van der Waals surface area contributed by atoms with Crippen LogP contribution >= 0.6 is 0 Å². The van der Waals surface area contributed by atoms with Gasteiger partial charge in [0, 0.05) is 78.1 Å². The highest BCUT2D eigenvalue weighted by Gasteiger charge is 2.63. The Morgan fingerprint density at radius 3 is 1.98 bits per heavy atom. The van der Waals surface area contributed by atoms with Crippen LogP contribution in [0, 0.1) is 17.3 Å². The maximum absolute atomic E-state index is 14.9. The van der Waals surface area contributed by atoms with Crippen LogP contribution in [0.25, 0.3) is 0 Å². The first-order valence-corrected chi connectivity index (χ1v) is 30.0. The monoisotopic (exact) mass is 1230 g/mol. The van der Waals surface area contributed by atoms with Crippen molar-refractivity contribution in [2.24, 2.45) is 17.3 Å². The van der Waals surface area contributed by atoms with Gasteiger partial charge in [-0.25, -0.2) is 4.79 Å². The maximum Gasteiger partial charge on any atom is 0.328 e. The van der Waals surface area contributed by atoms with Crippen LogP contribution < -0.4 is 5.32 Å². The highest BCUT2D eigenvalue weighted by atomic mass is 16.7. The zero-order valence-corrected chi connectivity index (χ0v) is 52.2. The lowest BCUT2D eigenvalue weighted by Gasteiger charge is -2.54. The molecule has 5 aliphatic heterocycles. The molecule has 22 heteroatoms. The average molecular weight is 1230 g/mol. The number of aliphatic carboxylic acids is 1. The van der Waals surface area contributed by atoms with Gasteiger partial charge in [-0.2, -0.15) is 0 Å². The number of methoxy groups -OCH3 is 4. The van der Waals surface area contributed by atoms with Gasteiger partial charge in [0.2, 0.25) is 11.7 Å². The fourth-order valence-electron chi connectivity index (χ4n) is 11.8. The van der Waals surface area contributed by atoms with Gasteiger partial charge in [0.15, 0.2) is 25.0 Å². The second-order valence-electron chi connectivity index (χ2n) is 23.5. The Morgan fingerprint density at radius 2 is 1.36 bits per heavy atom. The largest absolute Gasteiger partial charge is 0.478 e. The Hall–Kier alpha value is -4.83. The van der Waals surface area contributed by atoms with E-state index in [9.17, 15) is 34.8 Å². The van der Waals surface area contributed by atoms with Crippen molar-refractivity contribution in [1.29, 1.82) is 0 Å². The lowest BCUT2D eigenvalue weighted by molar-refractivity contribution is -0.368. The summed E-state index contributed by atoms with van der Waals surface area (Å²) in [6.07, 6.45) is 7.66. The molecule has 1 amide bonds. The van der Waals surface area contributed by atoms with Crippen molar-refractivity contribution in [3.05, 3.63) is 120 Å². The fourth-order valence-corrected chi connectivity index (χ4v) is 11.8. The zero-order chi connectivity index (χ0) is 63.6. The van der Waals surface area contributed by atoms with Gasteiger partial charge in [-0.15, -0.1) is 0 Å². The third-order valence-electron chi connectivity index (χ3n) is 16.9. The second kappa shape index (κ2) is 33.8. The van der Waals surface area contributed by atoms with Crippen LogP contribution in [0.4, 0.5) is 0 Å². The molecule has 6 rings (SSSR count). The quantitative estimate of drug-likeness (QED) is 0.0343. The van der Waals surface area contributed by atoms with E-state index in [0.717, 1.165) is 11.6 Å². The minimum Gasteiger partial charge on any atom is -0.478 e. The average Bonchev–Trinajstić information content (AvgIpc) is 1.73. The molecule has 486 valence electrons. The summed E-state index contributed by atoms with van der Waals surface area (Å²) < 4.78 is 80.6. The number of hydrogen-bond acceptors (Lipinski definition) is 20. The van der Waals surface area contributed by atoms with Crippen molar-refractivity contribution in [3.8, 4) is 0 Å². The molecule has 5 heterocycles. The summed E-state index contributed by atoms with van der Waals surface area (Å²) in [6.45, 7) is 13.9. The highest BCUT2D eigenvalue weighted by Crippen LogP contribution is 2.46. The molecule has 0 aromatic heterocycles. The van der Waals surface area contributed by atoms with E-state index in [-0.39, 0.29) is 37.8 Å². The third-order valence-corrected chi connectivity index (χ3v) is 16.9. The number of carbonyl (C=O) groups excluding carboxylic acids is 2. The first kappa shape index (κ1) is 71.2. The van der Waals surface area contributed by atoms with E-state index >= 15 is 0 Å². The molecule has 0 aliphatic carbocycles. The number of amides is 1. The van der Waals surface area contributed by atoms with Gasteiger partial charge in [0.25, 0.3) is 0 Å². The smallest absolute Gasteiger partial charge is 0.328 e. The normalized spacial score (nSPS) is 36.3. The number of benzene rings is 1. The van der Waals surface area contributed by atoms with E-state index in [1.54, 1.807) is 133 Å². The van der Waals surface area contributed by atoms with Crippen LogP contribution in [-0.2, 0) is 82.4 Å². The van der Waals surface area contributed by atoms with Crippen LogP contribution in [0.3, 0.4) is 0 Å². The topological polar surface area (TPSA) is 284 Å². The molecule has 1 aromatic rings. The number of aliphatic hydroxyl groups excluding tert-OH is 3. The second-order valence-corrected chi connectivity index (χ2v) is 23.5. The molecular formula is C65H95NO21. The number of rotatable bonds is 28. The van der Waals surface area contributed by atoms with Crippen LogP contribution in [-0.4, -0.2) is 207 Å². The molecular weight excluding hydrogens is 1130 g/mol. The van der Waals surface area contributed by atoms with E-state index < -0.39 is 152 Å². The van der Waals surface area contributed by atoms with Crippen molar-refractivity contribution in [2.75, 3.05) is 41.6 Å². The number of esters is 1. The Balaban J connectivity index is 1.19. The summed E-state index contributed by atoms with van der Waals surface area (Å²) in [5.41, 5.74) is 0.265. The number of ether oxygens (including phenoxy) is 13. The van der Waals surface area contributed by atoms with Crippen LogP contribution in [0.15, 0.2) is 115 Å². The number of carboxylic acid groups (broad SMARTS) is 1. The van der Waals surface area contributed by atoms with Crippen LogP contribution in [0.2, 0.25) is 0 Å². The summed E-state index contributed by atoms with van der Waals surface area (Å²) in [7, 11) is 6.24. The highest BCUT2D eigenvalue weighted by molar-refractivity contribution is 5.81. The third kappa shape index (κ3) is 19.1. The van der Waals surface area contributed by atoms with Crippen LogP contribution in [0.1, 0.15) is 86.6 Å². The summed E-state index contributed by atoms with van der Waals surface area (Å²) >= 11 is 0. The molecule has 5 saturated heterocycles. The maximum atomic E-state index is 14.9. The summed E-state index contributed by atoms with van der Waals surface area (Å²) in [6, 6.07) is 8.84. The van der Waals surface area contributed by atoms with Crippen molar-refractivity contribution in [1.82, 2.24) is 5.32 Å². The Morgan fingerprint density at radius 1 is 0.759 bits per heavy atom. The summed E-state index contributed by atoms with van der Waals surface area (Å²) in [4.78, 5) is 39.5. The molecule has 22 nitrogen and oxygen atoms in total. The SMILES string of the molecule is C/C=C\C=C\[C@@H]1O[C@](O)(C(CO[C@H]2C[C@H](OC)[C@H](O[C@@H]3C[C@@H](OC)[C@@H](O[C@H]4C[C@H](OC)[C@H](O)[C@H](C)O4)[C@H](C)O3)[C@H](C)O2)C(=O)NC/C=C/C=C(\C)C(OC)C(C)C2CC(O)C(/C=C/C=C/C=C/C(=O)O)O2)[C@H](OC(=O)Cc2ccccc2)[C@H](O)C1(C)C. The lowest BCUT2D eigenvalue weighted by atomic mass is 9.71. The minimum absolute atomic E-state index is 0.0572. The molecule has 6 N–H and O–H groups in total. The van der Waals surface area contributed by atoms with Gasteiger partial charge in [-0.05, 0) is 45.8 Å². The van der Waals surface area contributed by atoms with Crippen molar-refractivity contribution in [2.45, 2.75) is 210 Å². The van der Waals surface area contributed by atoms with Gasteiger partial charge in [0.1, 0.15) is 36.4 Å². The van der Waals surface area contributed by atoms with Gasteiger partial charge in [-0.3, -0.25) is 9.59 Å². The van der Waals surface area contributed by atoms with Gasteiger partial charge >= 0.3 is 11.9 Å². The molecule has 0 radical (unpaired) electrons. The Bertz CT molecular complexity index is 2530. The molecule has 6 unspecified atom stereocenters. The van der Waals surface area contributed by atoms with E-state index in [2.05, 4.69) is 5.32 Å². The molecule has 0 bridgehead atoms. The number of carboxylic acids is 1. The molecule has 5 fully saturated rings. The van der Waals surface area contributed by atoms with Crippen LogP contribution in [0.5, 0.6) is 0 Å². The molecule has 1 aromatic carbocycles. The number of nitrogens with one attached hydrogen (secondary N) is 1. The van der Waals surface area contributed by atoms with Crippen molar-refractivity contribution in [3.63, 3.8) is 0 Å². The predicted molar refractivity (Wildman–Crippen MR) is 318 cm³/mol. The van der Waals surface area contributed by atoms with E-state index in [4.69, 9.17) is 66.7 Å². The Kier molecular flexibility index (Phi) is 27.7. The number of hydrogen-bond donors (Lipinski definition) is 6. The first-order chi connectivity index (χ1) is 41.5.